The molecule has 0 saturated heterocycles. The highest BCUT2D eigenvalue weighted by atomic mass is 19.4. The van der Waals surface area contributed by atoms with Crippen molar-refractivity contribution in [3.05, 3.63) is 82.9 Å². The van der Waals surface area contributed by atoms with Gasteiger partial charge in [-0.3, -0.25) is 10.1 Å². The molecule has 1 aliphatic carbocycles. The molecule has 9 heteroatoms. The molecule has 0 aliphatic heterocycles. The van der Waals surface area contributed by atoms with E-state index >= 15 is 0 Å². The van der Waals surface area contributed by atoms with Gasteiger partial charge in [-0.1, -0.05) is 60.7 Å². The van der Waals surface area contributed by atoms with Gasteiger partial charge in [-0.25, -0.2) is 4.79 Å². The highest BCUT2D eigenvalue weighted by Crippen LogP contribution is 2.44. The van der Waals surface area contributed by atoms with Crippen LogP contribution in [0.4, 0.5) is 23.4 Å². The lowest BCUT2D eigenvalue weighted by Crippen LogP contribution is -2.35. The van der Waals surface area contributed by atoms with Gasteiger partial charge < -0.3 is 22.8 Å². The van der Waals surface area contributed by atoms with Gasteiger partial charge in [0.25, 0.3) is 0 Å². The summed E-state index contributed by atoms with van der Waals surface area (Å²) in [4.78, 5) is 23.6. The molecule has 0 bridgehead atoms. The zero-order chi connectivity index (χ0) is 23.8. The minimum absolute atomic E-state index is 0.00376. The van der Waals surface area contributed by atoms with Crippen molar-refractivity contribution in [2.45, 2.75) is 19.3 Å². The molecule has 1 aliphatic rings. The Morgan fingerprint density at radius 1 is 1.00 bits per heavy atom. The lowest BCUT2D eigenvalue weighted by atomic mass is 9.78. The average Bonchev–Trinajstić information content (AvgIpc) is 3.08. The fraction of sp³-hybridized carbons (Fsp3) is 0.167. The molecule has 2 N–H and O–H groups in total. The predicted molar refractivity (Wildman–Crippen MR) is 120 cm³/mol. The fourth-order valence-electron chi connectivity index (χ4n) is 4.21. The molecule has 0 saturated carbocycles. The van der Waals surface area contributed by atoms with E-state index in [9.17, 15) is 22.5 Å². The van der Waals surface area contributed by atoms with Crippen LogP contribution in [0.15, 0.2) is 60.7 Å². The molecule has 3 aromatic rings. The quantitative estimate of drug-likeness (QED) is 0.512. The molecular weight excluding hydrogens is 434 g/mol. The number of amides is 1. The number of aliphatic carboxylic acids is 1. The number of carboxylic acids is 1. The van der Waals surface area contributed by atoms with Crippen molar-refractivity contribution >= 4 is 30.2 Å². The summed E-state index contributed by atoms with van der Waals surface area (Å²) >= 11 is 0. The van der Waals surface area contributed by atoms with Crippen molar-refractivity contribution in [1.29, 1.82) is 0 Å². The third-order valence-corrected chi connectivity index (χ3v) is 5.84. The second-order valence-electron chi connectivity index (χ2n) is 7.95. The molecule has 0 radical (unpaired) electrons. The van der Waals surface area contributed by atoms with Gasteiger partial charge in [0.1, 0.15) is 6.61 Å². The van der Waals surface area contributed by atoms with Crippen LogP contribution in [0.2, 0.25) is 0 Å². The predicted octanol–water partition coefficient (Wildman–Crippen LogP) is 5.04. The maximum Gasteiger partial charge on any atom is 0.509 e. The lowest BCUT2D eigenvalue weighted by molar-refractivity contribution is -0.136. The van der Waals surface area contributed by atoms with Gasteiger partial charge in [-0.05, 0) is 40.3 Å². The van der Waals surface area contributed by atoms with Crippen LogP contribution in [0.1, 0.15) is 28.2 Å². The number of hydrogen-bond acceptors (Lipinski definition) is 3. The average molecular weight is 454 g/mol. The highest BCUT2D eigenvalue weighted by molar-refractivity contribution is 6.73. The number of carbonyl (C=O) groups excluding carboxylic acids is 1. The summed E-state index contributed by atoms with van der Waals surface area (Å²) in [5.41, 5.74) is 3.24. The first kappa shape index (κ1) is 22.4. The Hall–Kier alpha value is -3.75. The summed E-state index contributed by atoms with van der Waals surface area (Å²) in [6.07, 6.45) is -1.50. The first-order valence-corrected chi connectivity index (χ1v) is 10.3. The van der Waals surface area contributed by atoms with Crippen molar-refractivity contribution in [2.24, 2.45) is 0 Å². The summed E-state index contributed by atoms with van der Waals surface area (Å²) in [5.74, 6) is -1.46. The Kier molecular flexibility index (Phi) is 5.89. The van der Waals surface area contributed by atoms with E-state index in [-0.39, 0.29) is 29.3 Å². The van der Waals surface area contributed by atoms with Gasteiger partial charge in [0.2, 0.25) is 0 Å². The number of anilines is 1. The van der Waals surface area contributed by atoms with E-state index in [4.69, 9.17) is 9.84 Å². The standard InChI is InChI=1S/C24H20BF3NO4/c1-14-15(11-23(30)31)10-16(25(26,27)28)12-22(14)29-24(32)33-13-21-19-8-4-2-6-17(19)18-7-3-5-9-20(18)21/h2-10,12,21H,11,13H2,1H3,(H,29,32)(H,30,31)/q-1. The topological polar surface area (TPSA) is 75.6 Å². The highest BCUT2D eigenvalue weighted by Gasteiger charge is 2.30. The third-order valence-electron chi connectivity index (χ3n) is 5.84. The summed E-state index contributed by atoms with van der Waals surface area (Å²) < 4.78 is 45.5. The molecular formula is C24H20BF3NO4-. The summed E-state index contributed by atoms with van der Waals surface area (Å²) in [6.45, 7) is -3.92. The smallest absolute Gasteiger partial charge is 0.481 e. The van der Waals surface area contributed by atoms with E-state index in [1.54, 1.807) is 0 Å². The number of carboxylic acid groups (broad SMARTS) is 1. The Morgan fingerprint density at radius 3 is 2.12 bits per heavy atom. The number of ether oxygens (including phenoxy) is 1. The lowest BCUT2D eigenvalue weighted by Gasteiger charge is -2.21. The Balaban J connectivity index is 1.55. The van der Waals surface area contributed by atoms with E-state index in [0.717, 1.165) is 34.4 Å². The second-order valence-corrected chi connectivity index (χ2v) is 7.95. The van der Waals surface area contributed by atoms with Crippen LogP contribution >= 0.6 is 0 Å². The SMILES string of the molecule is Cc1c(CC(=O)O)cc([B-](F)(F)F)cc1NC(=O)OCC1c2ccccc2-c2ccccc21. The van der Waals surface area contributed by atoms with E-state index in [1.807, 2.05) is 48.5 Å². The largest absolute Gasteiger partial charge is 0.509 e. The molecule has 33 heavy (non-hydrogen) atoms. The van der Waals surface area contributed by atoms with Crippen LogP contribution < -0.4 is 10.8 Å². The van der Waals surface area contributed by atoms with Gasteiger partial charge in [0.15, 0.2) is 0 Å². The molecule has 0 heterocycles. The Labute approximate surface area is 188 Å². The normalized spacial score (nSPS) is 12.7. The number of nitrogens with one attached hydrogen (secondary N) is 1. The monoisotopic (exact) mass is 454 g/mol. The molecule has 0 spiro atoms. The minimum atomic E-state index is -5.38. The van der Waals surface area contributed by atoms with Crippen molar-refractivity contribution in [1.82, 2.24) is 0 Å². The fourth-order valence-corrected chi connectivity index (χ4v) is 4.21. The van der Waals surface area contributed by atoms with E-state index in [2.05, 4.69) is 5.32 Å². The first-order valence-electron chi connectivity index (χ1n) is 10.3. The molecule has 0 atom stereocenters. The van der Waals surface area contributed by atoms with E-state index in [0.29, 0.717) is 0 Å². The summed E-state index contributed by atoms with van der Waals surface area (Å²) in [6, 6.07) is 17.2. The second kappa shape index (κ2) is 8.65. The van der Waals surface area contributed by atoms with Gasteiger partial charge >= 0.3 is 19.0 Å². The number of carbonyl (C=O) groups is 2. The molecule has 1 amide bonds. The molecule has 0 unspecified atom stereocenters. The van der Waals surface area contributed by atoms with Crippen LogP contribution in [0, 0.1) is 6.92 Å². The maximum atomic E-state index is 13.4. The minimum Gasteiger partial charge on any atom is -0.481 e. The zero-order valence-electron chi connectivity index (χ0n) is 17.6. The van der Waals surface area contributed by atoms with Crippen molar-refractivity contribution in [2.75, 3.05) is 11.9 Å². The van der Waals surface area contributed by atoms with Crippen LogP contribution in [0.5, 0.6) is 0 Å². The van der Waals surface area contributed by atoms with Crippen molar-refractivity contribution in [3.8, 4) is 11.1 Å². The third kappa shape index (κ3) is 4.57. The molecule has 0 aromatic heterocycles. The molecule has 5 nitrogen and oxygen atoms in total. The van der Waals surface area contributed by atoms with E-state index in [1.165, 1.54) is 6.92 Å². The summed E-state index contributed by atoms with van der Waals surface area (Å²) in [7, 11) is 0. The molecule has 4 rings (SSSR count). The molecule has 170 valence electrons. The van der Waals surface area contributed by atoms with E-state index < -0.39 is 30.9 Å². The molecule has 0 fully saturated rings. The van der Waals surface area contributed by atoms with Crippen LogP contribution in [-0.2, 0) is 16.0 Å². The first-order chi connectivity index (χ1) is 15.6. The number of fused-ring (bicyclic) bond motifs is 3. The number of halogens is 3. The van der Waals surface area contributed by atoms with Crippen LogP contribution in [-0.4, -0.2) is 30.8 Å². The number of rotatable bonds is 6. The van der Waals surface area contributed by atoms with Crippen molar-refractivity contribution < 1.29 is 32.4 Å². The van der Waals surface area contributed by atoms with Gasteiger partial charge in [0, 0.05) is 11.6 Å². The van der Waals surface area contributed by atoms with Gasteiger partial charge in [-0.15, -0.1) is 5.46 Å². The number of hydrogen-bond donors (Lipinski definition) is 2. The maximum absolute atomic E-state index is 13.4. The Morgan fingerprint density at radius 2 is 1.58 bits per heavy atom. The Bertz CT molecular complexity index is 1200. The van der Waals surface area contributed by atoms with Crippen molar-refractivity contribution in [3.63, 3.8) is 0 Å². The van der Waals surface area contributed by atoms with Gasteiger partial charge in [-0.2, -0.15) is 0 Å². The van der Waals surface area contributed by atoms with Crippen LogP contribution in [0.25, 0.3) is 11.1 Å². The number of benzene rings is 3. The zero-order valence-corrected chi connectivity index (χ0v) is 17.6. The molecule has 3 aromatic carbocycles. The summed E-state index contributed by atoms with van der Waals surface area (Å²) in [5, 5.41) is 11.4. The van der Waals surface area contributed by atoms with Gasteiger partial charge in [0.05, 0.1) is 6.42 Å². The van der Waals surface area contributed by atoms with Crippen LogP contribution in [0.3, 0.4) is 0 Å².